The van der Waals surface area contributed by atoms with E-state index >= 15 is 0 Å². The lowest BCUT2D eigenvalue weighted by molar-refractivity contribution is -0.130. The third-order valence-corrected chi connectivity index (χ3v) is 2.84. The van der Waals surface area contributed by atoms with Crippen LogP contribution < -0.4 is 0 Å². The Morgan fingerprint density at radius 3 is 2.71 bits per heavy atom. The first-order valence-corrected chi connectivity index (χ1v) is 5.38. The highest BCUT2D eigenvalue weighted by atomic mass is 79.9. The number of carbonyl (C=O) groups is 2. The van der Waals surface area contributed by atoms with Gasteiger partial charge >= 0.3 is 6.09 Å². The number of alkyl halides is 2. The number of halogens is 2. The number of hydrogen-bond donors (Lipinski definition) is 1. The van der Waals surface area contributed by atoms with Gasteiger partial charge in [0.1, 0.15) is 0 Å². The van der Waals surface area contributed by atoms with Crippen LogP contribution in [0, 0.1) is 0 Å². The van der Waals surface area contributed by atoms with E-state index in [4.69, 9.17) is 5.11 Å². The van der Waals surface area contributed by atoms with Crippen molar-refractivity contribution in [2.75, 3.05) is 18.4 Å². The first kappa shape index (κ1) is 11.4. The fraction of sp³-hybridized carbons (Fsp3) is 0.750. The molecule has 0 radical (unpaired) electrons. The van der Waals surface area contributed by atoms with E-state index in [0.717, 1.165) is 4.90 Å². The van der Waals surface area contributed by atoms with Crippen molar-refractivity contribution >= 4 is 27.8 Å². The lowest BCUT2D eigenvalue weighted by atomic mass is 9.91. The number of Topliss-reactive ketones (excluding diaryl/α,β-unsaturated/α-hetero) is 1. The van der Waals surface area contributed by atoms with Crippen LogP contribution in [-0.2, 0) is 4.79 Å². The summed E-state index contributed by atoms with van der Waals surface area (Å²) in [6.45, 7) is -0.0384. The minimum absolute atomic E-state index is 0.0725. The number of amides is 1. The van der Waals surface area contributed by atoms with Gasteiger partial charge in [0.25, 0.3) is 0 Å². The second kappa shape index (κ2) is 4.25. The fourth-order valence-electron chi connectivity index (χ4n) is 1.52. The standard InChI is InChI=1S/C8H11BrFNO3/c9-4-6(12)8(10)2-1-3-11(5-8)7(13)14/h1-5H2,(H,13,14)/t8-/m1/s1. The number of piperidine rings is 1. The molecule has 0 aromatic rings. The van der Waals surface area contributed by atoms with Crippen LogP contribution in [0.5, 0.6) is 0 Å². The Labute approximate surface area is 89.2 Å². The van der Waals surface area contributed by atoms with Gasteiger partial charge in [-0.3, -0.25) is 4.79 Å². The zero-order valence-corrected chi connectivity index (χ0v) is 9.09. The molecule has 1 aliphatic heterocycles. The maximum Gasteiger partial charge on any atom is 0.407 e. The summed E-state index contributed by atoms with van der Waals surface area (Å²) >= 11 is 2.89. The molecule has 0 saturated carbocycles. The molecule has 0 aliphatic carbocycles. The van der Waals surface area contributed by atoms with Crippen molar-refractivity contribution in [3.05, 3.63) is 0 Å². The number of carboxylic acid groups (broad SMARTS) is 1. The van der Waals surface area contributed by atoms with E-state index in [2.05, 4.69) is 15.9 Å². The molecule has 0 bridgehead atoms. The maximum atomic E-state index is 13.9. The van der Waals surface area contributed by atoms with Crippen molar-refractivity contribution in [3.8, 4) is 0 Å². The summed E-state index contributed by atoms with van der Waals surface area (Å²) in [6.07, 6.45) is -0.669. The van der Waals surface area contributed by atoms with Gasteiger partial charge in [-0.2, -0.15) is 0 Å². The Kier molecular flexibility index (Phi) is 3.47. The second-order valence-electron chi connectivity index (χ2n) is 3.33. The first-order chi connectivity index (χ1) is 6.49. The second-order valence-corrected chi connectivity index (χ2v) is 3.89. The van der Waals surface area contributed by atoms with E-state index in [9.17, 15) is 14.0 Å². The topological polar surface area (TPSA) is 57.6 Å². The molecule has 0 aromatic carbocycles. The molecule has 1 amide bonds. The highest BCUT2D eigenvalue weighted by molar-refractivity contribution is 9.09. The SMILES string of the molecule is O=C(O)N1CCC[C@](F)(C(=O)CBr)C1. The lowest BCUT2D eigenvalue weighted by Gasteiger charge is -2.34. The Morgan fingerprint density at radius 2 is 2.21 bits per heavy atom. The van der Waals surface area contributed by atoms with Crippen molar-refractivity contribution in [2.24, 2.45) is 0 Å². The summed E-state index contributed by atoms with van der Waals surface area (Å²) in [5, 5.41) is 8.59. The van der Waals surface area contributed by atoms with E-state index in [1.54, 1.807) is 0 Å². The average Bonchev–Trinajstić information content (AvgIpc) is 2.16. The maximum absolute atomic E-state index is 13.9. The lowest BCUT2D eigenvalue weighted by Crippen LogP contribution is -2.52. The third-order valence-electron chi connectivity index (χ3n) is 2.33. The van der Waals surface area contributed by atoms with Crippen LogP contribution in [0.25, 0.3) is 0 Å². The van der Waals surface area contributed by atoms with Gasteiger partial charge in [-0.15, -0.1) is 0 Å². The van der Waals surface area contributed by atoms with Gasteiger partial charge in [0.05, 0.1) is 11.9 Å². The van der Waals surface area contributed by atoms with Crippen molar-refractivity contribution in [2.45, 2.75) is 18.5 Å². The van der Waals surface area contributed by atoms with Gasteiger partial charge < -0.3 is 10.0 Å². The molecule has 1 saturated heterocycles. The molecular weight excluding hydrogens is 257 g/mol. The molecule has 1 N–H and O–H groups in total. The molecule has 0 aromatic heterocycles. The minimum Gasteiger partial charge on any atom is -0.465 e. The highest BCUT2D eigenvalue weighted by Gasteiger charge is 2.42. The minimum atomic E-state index is -2.00. The number of hydrogen-bond acceptors (Lipinski definition) is 2. The van der Waals surface area contributed by atoms with E-state index in [-0.39, 0.29) is 18.3 Å². The third kappa shape index (κ3) is 2.23. The van der Waals surface area contributed by atoms with Crippen molar-refractivity contribution < 1.29 is 19.1 Å². The Bertz CT molecular complexity index is 261. The predicted molar refractivity (Wildman–Crippen MR) is 51.5 cm³/mol. The highest BCUT2D eigenvalue weighted by Crippen LogP contribution is 2.27. The number of ketones is 1. The zero-order chi connectivity index (χ0) is 10.8. The molecular formula is C8H11BrFNO3. The molecule has 6 heteroatoms. The molecule has 1 atom stereocenters. The molecule has 1 rings (SSSR count). The van der Waals surface area contributed by atoms with Crippen LogP contribution in [0.3, 0.4) is 0 Å². The summed E-state index contributed by atoms with van der Waals surface area (Å²) < 4.78 is 13.9. The first-order valence-electron chi connectivity index (χ1n) is 4.25. The summed E-state index contributed by atoms with van der Waals surface area (Å²) in [6, 6.07) is 0. The van der Waals surface area contributed by atoms with Crippen LogP contribution >= 0.6 is 15.9 Å². The molecule has 1 fully saturated rings. The van der Waals surface area contributed by atoms with E-state index < -0.39 is 17.5 Å². The molecule has 80 valence electrons. The number of likely N-dealkylation sites (tertiary alicyclic amines) is 1. The molecule has 0 spiro atoms. The van der Waals surface area contributed by atoms with Crippen LogP contribution in [0.1, 0.15) is 12.8 Å². The van der Waals surface area contributed by atoms with Gasteiger partial charge in [0.15, 0.2) is 11.5 Å². The Morgan fingerprint density at radius 1 is 1.57 bits per heavy atom. The van der Waals surface area contributed by atoms with Crippen LogP contribution in [0.2, 0.25) is 0 Å². The monoisotopic (exact) mass is 267 g/mol. The number of carbonyl (C=O) groups excluding carboxylic acids is 1. The van der Waals surface area contributed by atoms with E-state index in [1.807, 2.05) is 0 Å². The molecule has 1 heterocycles. The smallest absolute Gasteiger partial charge is 0.407 e. The van der Waals surface area contributed by atoms with Crippen LogP contribution in [0.4, 0.5) is 9.18 Å². The summed E-state index contributed by atoms with van der Waals surface area (Å²) in [7, 11) is 0. The number of rotatable bonds is 2. The Balaban J connectivity index is 2.71. The Hall–Kier alpha value is -0.650. The van der Waals surface area contributed by atoms with Crippen molar-refractivity contribution in [1.82, 2.24) is 4.90 Å². The summed E-state index contributed by atoms with van der Waals surface area (Å²) in [5.74, 6) is -0.580. The molecule has 4 nitrogen and oxygen atoms in total. The van der Waals surface area contributed by atoms with E-state index in [0.29, 0.717) is 13.0 Å². The van der Waals surface area contributed by atoms with Gasteiger partial charge in [0, 0.05) is 6.54 Å². The van der Waals surface area contributed by atoms with Crippen LogP contribution in [0.15, 0.2) is 0 Å². The van der Waals surface area contributed by atoms with Gasteiger partial charge in [-0.25, -0.2) is 9.18 Å². The predicted octanol–water partition coefficient (Wildman–Crippen LogP) is 1.43. The van der Waals surface area contributed by atoms with E-state index in [1.165, 1.54) is 0 Å². The average molecular weight is 268 g/mol. The quantitative estimate of drug-likeness (QED) is 0.771. The zero-order valence-electron chi connectivity index (χ0n) is 7.50. The van der Waals surface area contributed by atoms with Gasteiger partial charge in [0.2, 0.25) is 0 Å². The van der Waals surface area contributed by atoms with Gasteiger partial charge in [-0.05, 0) is 12.8 Å². The fourth-order valence-corrected chi connectivity index (χ4v) is 2.02. The summed E-state index contributed by atoms with van der Waals surface area (Å²) in [5.41, 5.74) is -2.00. The van der Waals surface area contributed by atoms with Crippen molar-refractivity contribution in [1.29, 1.82) is 0 Å². The van der Waals surface area contributed by atoms with Gasteiger partial charge in [-0.1, -0.05) is 15.9 Å². The van der Waals surface area contributed by atoms with Crippen LogP contribution in [-0.4, -0.2) is 46.0 Å². The molecule has 1 aliphatic rings. The van der Waals surface area contributed by atoms with Crippen molar-refractivity contribution in [3.63, 3.8) is 0 Å². The largest absolute Gasteiger partial charge is 0.465 e. The molecule has 0 unspecified atom stereocenters. The molecule has 14 heavy (non-hydrogen) atoms. The summed E-state index contributed by atoms with van der Waals surface area (Å²) in [4.78, 5) is 22.8. The number of nitrogens with zero attached hydrogens (tertiary/aromatic N) is 1. The normalized spacial score (nSPS) is 27.4.